The molecule has 0 spiro atoms. The number of benzene rings is 2. The molecule has 19 heavy (non-hydrogen) atoms. The molecule has 0 bridgehead atoms. The Labute approximate surface area is 128 Å². The Kier molecular flexibility index (Phi) is 4.61. The van der Waals surface area contributed by atoms with E-state index in [2.05, 4.69) is 15.9 Å². The molecule has 0 fully saturated rings. The lowest BCUT2D eigenvalue weighted by Crippen LogP contribution is -2.06. The molecule has 2 aromatic rings. The number of carbonyl (C=O) groups is 1. The molecule has 5 heteroatoms. The minimum Gasteiger partial charge on any atom is -0.294 e. The van der Waals surface area contributed by atoms with Crippen molar-refractivity contribution in [1.82, 2.24) is 0 Å². The van der Waals surface area contributed by atoms with Crippen LogP contribution in [0.4, 0.5) is 4.39 Å². The number of hydrogen-bond acceptors (Lipinski definition) is 1. The van der Waals surface area contributed by atoms with Gasteiger partial charge in [-0.3, -0.25) is 4.79 Å². The van der Waals surface area contributed by atoms with Crippen LogP contribution >= 0.6 is 39.1 Å². The molecule has 0 aliphatic carbocycles. The maximum Gasteiger partial charge on any atom is 0.170 e. The molecule has 0 aliphatic rings. The van der Waals surface area contributed by atoms with Crippen molar-refractivity contribution >= 4 is 44.9 Å². The zero-order chi connectivity index (χ0) is 14.0. The van der Waals surface area contributed by atoms with Crippen LogP contribution in [0.1, 0.15) is 15.9 Å². The average molecular weight is 362 g/mol. The highest BCUT2D eigenvalue weighted by Crippen LogP contribution is 2.23. The van der Waals surface area contributed by atoms with E-state index in [4.69, 9.17) is 23.2 Å². The van der Waals surface area contributed by atoms with Crippen LogP contribution in [-0.4, -0.2) is 5.78 Å². The van der Waals surface area contributed by atoms with Crippen LogP contribution < -0.4 is 0 Å². The lowest BCUT2D eigenvalue weighted by Gasteiger charge is -2.06. The van der Waals surface area contributed by atoms with E-state index in [0.717, 1.165) is 0 Å². The van der Waals surface area contributed by atoms with E-state index in [0.29, 0.717) is 20.1 Å². The summed E-state index contributed by atoms with van der Waals surface area (Å²) < 4.78 is 14.3. The summed E-state index contributed by atoms with van der Waals surface area (Å²) in [6, 6.07) is 9.21. The molecule has 0 aromatic heterocycles. The maximum atomic E-state index is 13.7. The van der Waals surface area contributed by atoms with Gasteiger partial charge in [0.25, 0.3) is 0 Å². The van der Waals surface area contributed by atoms with E-state index in [-0.39, 0.29) is 17.8 Å². The maximum absolute atomic E-state index is 13.7. The van der Waals surface area contributed by atoms with Crippen molar-refractivity contribution < 1.29 is 9.18 Å². The van der Waals surface area contributed by atoms with Crippen LogP contribution in [0.2, 0.25) is 10.0 Å². The Hall–Kier alpha value is -0.900. The summed E-state index contributed by atoms with van der Waals surface area (Å²) in [6.45, 7) is 0. The SMILES string of the molecule is O=C(Cc1ccc(Cl)cc1Cl)c1ccc(Br)cc1F. The van der Waals surface area contributed by atoms with Crippen LogP contribution in [-0.2, 0) is 6.42 Å². The highest BCUT2D eigenvalue weighted by Gasteiger charge is 2.14. The van der Waals surface area contributed by atoms with E-state index in [1.54, 1.807) is 24.3 Å². The van der Waals surface area contributed by atoms with Crippen molar-refractivity contribution in [2.45, 2.75) is 6.42 Å². The predicted molar refractivity (Wildman–Crippen MR) is 78.6 cm³/mol. The normalized spacial score (nSPS) is 10.5. The van der Waals surface area contributed by atoms with E-state index in [9.17, 15) is 9.18 Å². The van der Waals surface area contributed by atoms with Crippen LogP contribution in [0.25, 0.3) is 0 Å². The third-order valence-electron chi connectivity index (χ3n) is 2.60. The molecule has 0 saturated carbocycles. The van der Waals surface area contributed by atoms with Crippen molar-refractivity contribution in [3.63, 3.8) is 0 Å². The van der Waals surface area contributed by atoms with E-state index in [1.165, 1.54) is 12.1 Å². The second-order valence-electron chi connectivity index (χ2n) is 3.96. The molecule has 1 nitrogen and oxygen atoms in total. The Morgan fingerprint density at radius 2 is 1.89 bits per heavy atom. The molecule has 0 radical (unpaired) electrons. The van der Waals surface area contributed by atoms with Crippen LogP contribution in [0.3, 0.4) is 0 Å². The molecule has 0 atom stereocenters. The van der Waals surface area contributed by atoms with Gasteiger partial charge in [0.05, 0.1) is 5.56 Å². The number of carbonyl (C=O) groups excluding carboxylic acids is 1. The third-order valence-corrected chi connectivity index (χ3v) is 3.68. The lowest BCUT2D eigenvalue weighted by molar-refractivity contribution is 0.0989. The van der Waals surface area contributed by atoms with Crippen LogP contribution in [0.5, 0.6) is 0 Å². The summed E-state index contributed by atoms with van der Waals surface area (Å²) in [4.78, 5) is 12.0. The van der Waals surface area contributed by atoms with Gasteiger partial charge in [-0.15, -0.1) is 0 Å². The van der Waals surface area contributed by atoms with Crippen molar-refractivity contribution in [2.75, 3.05) is 0 Å². The van der Waals surface area contributed by atoms with Gasteiger partial charge in [-0.25, -0.2) is 4.39 Å². The standard InChI is InChI=1S/C14H8BrCl2FO/c15-9-2-4-11(13(18)6-9)14(19)5-8-1-3-10(16)7-12(8)17/h1-4,6-7H,5H2. The summed E-state index contributed by atoms with van der Waals surface area (Å²) >= 11 is 14.9. The fraction of sp³-hybridized carbons (Fsp3) is 0.0714. The minimum atomic E-state index is -0.551. The minimum absolute atomic E-state index is 0.0363. The molecule has 0 heterocycles. The highest BCUT2D eigenvalue weighted by molar-refractivity contribution is 9.10. The third kappa shape index (κ3) is 3.56. The fourth-order valence-electron chi connectivity index (χ4n) is 1.65. The molecular weight excluding hydrogens is 354 g/mol. The molecule has 0 N–H and O–H groups in total. The second-order valence-corrected chi connectivity index (χ2v) is 5.72. The van der Waals surface area contributed by atoms with Gasteiger partial charge in [-0.1, -0.05) is 45.2 Å². The van der Waals surface area contributed by atoms with Crippen molar-refractivity contribution in [3.05, 3.63) is 67.9 Å². The molecule has 2 rings (SSSR count). The summed E-state index contributed by atoms with van der Waals surface area (Å²) in [5, 5.41) is 0.898. The molecule has 98 valence electrons. The zero-order valence-corrected chi connectivity index (χ0v) is 12.7. The van der Waals surface area contributed by atoms with Crippen LogP contribution in [0, 0.1) is 5.82 Å². The fourth-order valence-corrected chi connectivity index (χ4v) is 2.46. The summed E-state index contributed by atoms with van der Waals surface area (Å²) in [7, 11) is 0. The highest BCUT2D eigenvalue weighted by atomic mass is 79.9. The van der Waals surface area contributed by atoms with Gasteiger partial charge in [0.1, 0.15) is 5.82 Å². The summed E-state index contributed by atoms with van der Waals surface area (Å²) in [5.41, 5.74) is 0.674. The Morgan fingerprint density at radius 3 is 2.53 bits per heavy atom. The molecule has 2 aromatic carbocycles. The smallest absolute Gasteiger partial charge is 0.170 e. The summed E-state index contributed by atoms with van der Waals surface area (Å²) in [5.74, 6) is -0.876. The number of Topliss-reactive ketones (excluding diaryl/α,β-unsaturated/α-hetero) is 1. The monoisotopic (exact) mass is 360 g/mol. The molecule has 0 aliphatic heterocycles. The van der Waals surface area contributed by atoms with Crippen molar-refractivity contribution in [3.8, 4) is 0 Å². The number of rotatable bonds is 3. The largest absolute Gasteiger partial charge is 0.294 e. The lowest BCUT2D eigenvalue weighted by atomic mass is 10.0. The van der Waals surface area contributed by atoms with Gasteiger partial charge < -0.3 is 0 Å². The number of ketones is 1. The van der Waals surface area contributed by atoms with Gasteiger partial charge in [0, 0.05) is 20.9 Å². The van der Waals surface area contributed by atoms with Gasteiger partial charge in [0.15, 0.2) is 5.78 Å². The van der Waals surface area contributed by atoms with Crippen LogP contribution in [0.15, 0.2) is 40.9 Å². The van der Waals surface area contributed by atoms with Crippen molar-refractivity contribution in [1.29, 1.82) is 0 Å². The van der Waals surface area contributed by atoms with E-state index < -0.39 is 5.82 Å². The van der Waals surface area contributed by atoms with Gasteiger partial charge in [-0.2, -0.15) is 0 Å². The Bertz CT molecular complexity index is 643. The zero-order valence-electron chi connectivity index (χ0n) is 9.59. The Morgan fingerprint density at radius 1 is 1.16 bits per heavy atom. The topological polar surface area (TPSA) is 17.1 Å². The molecule has 0 saturated heterocycles. The quantitative estimate of drug-likeness (QED) is 0.676. The summed E-state index contributed by atoms with van der Waals surface area (Å²) in [6.07, 6.45) is 0.0363. The van der Waals surface area contributed by atoms with Crippen molar-refractivity contribution in [2.24, 2.45) is 0 Å². The molecule has 0 amide bonds. The molecule has 0 unspecified atom stereocenters. The first-order valence-corrected chi connectivity index (χ1v) is 6.94. The van der Waals surface area contributed by atoms with Gasteiger partial charge in [0.2, 0.25) is 0 Å². The first-order chi connectivity index (χ1) is 8.97. The predicted octanol–water partition coefficient (Wildman–Crippen LogP) is 5.32. The van der Waals surface area contributed by atoms with Gasteiger partial charge in [-0.05, 0) is 35.9 Å². The first kappa shape index (κ1) is 14.5. The van der Waals surface area contributed by atoms with Gasteiger partial charge >= 0.3 is 0 Å². The number of halogens is 4. The average Bonchev–Trinajstić information content (AvgIpc) is 2.32. The Balaban J connectivity index is 2.25. The molecular formula is C14H8BrCl2FO. The first-order valence-electron chi connectivity index (χ1n) is 5.39. The second kappa shape index (κ2) is 6.04. The van der Waals surface area contributed by atoms with E-state index >= 15 is 0 Å². The number of hydrogen-bond donors (Lipinski definition) is 0. The van der Waals surface area contributed by atoms with E-state index in [1.807, 2.05) is 0 Å².